The van der Waals surface area contributed by atoms with Crippen LogP contribution in [0.3, 0.4) is 0 Å². The highest BCUT2D eigenvalue weighted by molar-refractivity contribution is 5.90. The molecule has 0 atom stereocenters. The Hall–Kier alpha value is -1.47. The van der Waals surface area contributed by atoms with E-state index in [-0.39, 0.29) is 24.2 Å². The number of β-amino-alcohol motifs (C(OH)–C–C–N with tert-alkyl or cyclic N) is 1. The van der Waals surface area contributed by atoms with Gasteiger partial charge in [-0.15, -0.1) is 5.10 Å². The third-order valence-electron chi connectivity index (χ3n) is 2.74. The third kappa shape index (κ3) is 2.62. The predicted octanol–water partition coefficient (Wildman–Crippen LogP) is -1.01. The van der Waals surface area contributed by atoms with Gasteiger partial charge in [-0.1, -0.05) is 13.8 Å². The highest BCUT2D eigenvalue weighted by Crippen LogP contribution is 2.09. The van der Waals surface area contributed by atoms with Crippen LogP contribution in [-0.2, 0) is 0 Å². The fraction of sp³-hybridized carbons (Fsp3) is 0.700. The second-order valence-electron chi connectivity index (χ2n) is 4.71. The molecule has 0 unspecified atom stereocenters. The molecular formula is C10H17N5O2. The van der Waals surface area contributed by atoms with E-state index in [4.69, 9.17) is 0 Å². The molecule has 17 heavy (non-hydrogen) atoms. The largest absolute Gasteiger partial charge is 0.385 e. The Kier molecular flexibility index (Phi) is 3.12. The van der Waals surface area contributed by atoms with E-state index in [0.29, 0.717) is 18.9 Å². The molecule has 0 saturated carbocycles. The van der Waals surface area contributed by atoms with Gasteiger partial charge in [-0.3, -0.25) is 9.89 Å². The summed E-state index contributed by atoms with van der Waals surface area (Å²) < 4.78 is 0. The Morgan fingerprint density at radius 3 is 2.76 bits per heavy atom. The Bertz CT molecular complexity index is 411. The molecule has 1 aromatic heterocycles. The summed E-state index contributed by atoms with van der Waals surface area (Å²) in [6.07, 6.45) is 0. The van der Waals surface area contributed by atoms with E-state index in [1.807, 2.05) is 13.8 Å². The van der Waals surface area contributed by atoms with Gasteiger partial charge in [0.2, 0.25) is 5.82 Å². The first-order valence-electron chi connectivity index (χ1n) is 5.64. The molecule has 4 N–H and O–H groups in total. The molecule has 1 aliphatic heterocycles. The van der Waals surface area contributed by atoms with Gasteiger partial charge in [0, 0.05) is 25.6 Å². The number of aromatic amines is 1. The van der Waals surface area contributed by atoms with Crippen LogP contribution in [0.25, 0.3) is 0 Å². The van der Waals surface area contributed by atoms with Crippen molar-refractivity contribution in [3.8, 4) is 0 Å². The van der Waals surface area contributed by atoms with Crippen molar-refractivity contribution in [3.05, 3.63) is 11.6 Å². The molecule has 1 aliphatic rings. The van der Waals surface area contributed by atoms with Gasteiger partial charge in [-0.05, 0) is 0 Å². The van der Waals surface area contributed by atoms with Crippen LogP contribution in [-0.4, -0.2) is 51.4 Å². The topological polar surface area (TPSA) is 103 Å². The average molecular weight is 239 g/mol. The van der Waals surface area contributed by atoms with E-state index in [0.717, 1.165) is 0 Å². The van der Waals surface area contributed by atoms with Crippen molar-refractivity contribution in [3.63, 3.8) is 0 Å². The lowest BCUT2D eigenvalue weighted by molar-refractivity contribution is -0.00767. The first-order chi connectivity index (χ1) is 8.00. The van der Waals surface area contributed by atoms with Gasteiger partial charge in [0.25, 0.3) is 5.91 Å². The lowest BCUT2D eigenvalue weighted by Crippen LogP contribution is -2.64. The number of H-pyrrole nitrogens is 1. The monoisotopic (exact) mass is 239 g/mol. The Morgan fingerprint density at radius 1 is 1.59 bits per heavy atom. The fourth-order valence-electron chi connectivity index (χ4n) is 1.50. The van der Waals surface area contributed by atoms with E-state index in [1.54, 1.807) is 0 Å². The molecule has 2 rings (SSSR count). The SMILES string of the molecule is CC(C)c1nc(C(=O)NCC2(O)CNC2)n[nH]1. The number of carbonyl (C=O) groups is 1. The molecule has 7 heteroatoms. The van der Waals surface area contributed by atoms with Crippen LogP contribution in [0.1, 0.15) is 36.2 Å². The van der Waals surface area contributed by atoms with Crippen LogP contribution < -0.4 is 10.6 Å². The van der Waals surface area contributed by atoms with Crippen LogP contribution in [0.5, 0.6) is 0 Å². The lowest BCUT2D eigenvalue weighted by atomic mass is 9.97. The van der Waals surface area contributed by atoms with Gasteiger partial charge in [-0.2, -0.15) is 0 Å². The average Bonchev–Trinajstić information content (AvgIpc) is 2.72. The molecular weight excluding hydrogens is 222 g/mol. The standard InChI is InChI=1S/C10H17N5O2/c1-6(2)7-13-8(15-14-7)9(16)12-5-10(17)3-11-4-10/h6,11,17H,3-5H2,1-2H3,(H,12,16)(H,13,14,15). The molecule has 0 spiro atoms. The van der Waals surface area contributed by atoms with Crippen LogP contribution in [0.4, 0.5) is 0 Å². The van der Waals surface area contributed by atoms with E-state index < -0.39 is 5.60 Å². The number of carbonyl (C=O) groups excluding carboxylic acids is 1. The van der Waals surface area contributed by atoms with Crippen LogP contribution in [0.2, 0.25) is 0 Å². The van der Waals surface area contributed by atoms with Crippen LogP contribution in [0, 0.1) is 0 Å². The maximum Gasteiger partial charge on any atom is 0.291 e. The summed E-state index contributed by atoms with van der Waals surface area (Å²) >= 11 is 0. The fourth-order valence-corrected chi connectivity index (χ4v) is 1.50. The smallest absolute Gasteiger partial charge is 0.291 e. The van der Waals surface area contributed by atoms with Crippen molar-refractivity contribution in [2.24, 2.45) is 0 Å². The summed E-state index contributed by atoms with van der Waals surface area (Å²) in [6.45, 7) is 5.14. The van der Waals surface area contributed by atoms with E-state index >= 15 is 0 Å². The number of aromatic nitrogens is 3. The molecule has 1 amide bonds. The van der Waals surface area contributed by atoms with E-state index in [1.165, 1.54) is 0 Å². The molecule has 7 nitrogen and oxygen atoms in total. The van der Waals surface area contributed by atoms with E-state index in [2.05, 4.69) is 25.8 Å². The number of rotatable bonds is 4. The molecule has 1 saturated heterocycles. The lowest BCUT2D eigenvalue weighted by Gasteiger charge is -2.37. The van der Waals surface area contributed by atoms with Gasteiger partial charge in [0.1, 0.15) is 11.4 Å². The van der Waals surface area contributed by atoms with Gasteiger partial charge in [-0.25, -0.2) is 4.98 Å². The molecule has 1 fully saturated rings. The zero-order chi connectivity index (χ0) is 12.5. The van der Waals surface area contributed by atoms with Gasteiger partial charge < -0.3 is 15.7 Å². The first kappa shape index (κ1) is 12.0. The Balaban J connectivity index is 1.90. The van der Waals surface area contributed by atoms with Crippen molar-refractivity contribution in [2.75, 3.05) is 19.6 Å². The van der Waals surface area contributed by atoms with Crippen molar-refractivity contribution >= 4 is 5.91 Å². The summed E-state index contributed by atoms with van der Waals surface area (Å²) in [6, 6.07) is 0. The molecule has 2 heterocycles. The van der Waals surface area contributed by atoms with Crippen LogP contribution in [0.15, 0.2) is 0 Å². The van der Waals surface area contributed by atoms with E-state index in [9.17, 15) is 9.90 Å². The molecule has 0 radical (unpaired) electrons. The highest BCUT2D eigenvalue weighted by Gasteiger charge is 2.34. The maximum atomic E-state index is 11.7. The number of nitrogens with zero attached hydrogens (tertiary/aromatic N) is 2. The maximum absolute atomic E-state index is 11.7. The number of amides is 1. The Labute approximate surface area is 99.0 Å². The van der Waals surface area contributed by atoms with Crippen molar-refractivity contribution in [2.45, 2.75) is 25.4 Å². The van der Waals surface area contributed by atoms with Crippen molar-refractivity contribution < 1.29 is 9.90 Å². The Morgan fingerprint density at radius 2 is 2.29 bits per heavy atom. The predicted molar refractivity (Wildman–Crippen MR) is 60.6 cm³/mol. The number of hydrogen-bond donors (Lipinski definition) is 4. The summed E-state index contributed by atoms with van der Waals surface area (Å²) in [7, 11) is 0. The first-order valence-corrected chi connectivity index (χ1v) is 5.64. The summed E-state index contributed by atoms with van der Waals surface area (Å²) in [5.74, 6) is 0.626. The minimum absolute atomic E-state index is 0.115. The molecule has 0 aliphatic carbocycles. The van der Waals surface area contributed by atoms with Crippen molar-refractivity contribution in [1.82, 2.24) is 25.8 Å². The van der Waals surface area contributed by atoms with Gasteiger partial charge in [0.05, 0.1) is 0 Å². The summed E-state index contributed by atoms with van der Waals surface area (Å²) in [4.78, 5) is 15.8. The number of hydrogen-bond acceptors (Lipinski definition) is 5. The molecule has 94 valence electrons. The second kappa shape index (κ2) is 4.42. The van der Waals surface area contributed by atoms with Gasteiger partial charge >= 0.3 is 0 Å². The molecule has 1 aromatic rings. The zero-order valence-corrected chi connectivity index (χ0v) is 9.95. The molecule has 0 bridgehead atoms. The molecule has 0 aromatic carbocycles. The van der Waals surface area contributed by atoms with Crippen LogP contribution >= 0.6 is 0 Å². The van der Waals surface area contributed by atoms with Crippen molar-refractivity contribution in [1.29, 1.82) is 0 Å². The summed E-state index contributed by atoms with van der Waals surface area (Å²) in [5.41, 5.74) is -0.827. The minimum atomic E-state index is -0.827. The quantitative estimate of drug-likeness (QED) is 0.539. The normalized spacial score (nSPS) is 17.9. The zero-order valence-electron chi connectivity index (χ0n) is 9.95. The number of nitrogens with one attached hydrogen (secondary N) is 3. The minimum Gasteiger partial charge on any atom is -0.385 e. The van der Waals surface area contributed by atoms with Gasteiger partial charge in [0.15, 0.2) is 0 Å². The number of aliphatic hydroxyl groups is 1. The summed E-state index contributed by atoms with van der Waals surface area (Å²) in [5, 5.41) is 21.9. The third-order valence-corrected chi connectivity index (χ3v) is 2.74. The highest BCUT2D eigenvalue weighted by atomic mass is 16.3. The second-order valence-corrected chi connectivity index (χ2v) is 4.71.